The maximum atomic E-state index is 13.5. The van der Waals surface area contributed by atoms with Gasteiger partial charge in [-0.1, -0.05) is 6.07 Å². The van der Waals surface area contributed by atoms with Crippen LogP contribution in [0.4, 0.5) is 14.5 Å². The summed E-state index contributed by atoms with van der Waals surface area (Å²) in [6, 6.07) is 8.76. The van der Waals surface area contributed by atoms with Crippen molar-refractivity contribution in [1.82, 2.24) is 4.98 Å². The van der Waals surface area contributed by atoms with E-state index >= 15 is 0 Å². The zero-order valence-electron chi connectivity index (χ0n) is 11.6. The van der Waals surface area contributed by atoms with Crippen LogP contribution in [0.1, 0.15) is 23.7 Å². The normalized spacial score (nSPS) is 20.9. The maximum Gasteiger partial charge on any atom is 0.159 e. The minimum atomic E-state index is -0.906. The Bertz CT molecular complexity index is 727. The molecule has 2 aromatic rings. The molecule has 6 heteroatoms. The molecule has 1 aliphatic rings. The van der Waals surface area contributed by atoms with Crippen LogP contribution in [0.15, 0.2) is 36.5 Å². The van der Waals surface area contributed by atoms with Gasteiger partial charge in [0.15, 0.2) is 11.6 Å². The SMILES string of the molecule is N#Cc1ccc(N2C[C@H](O)C[C@@H]2c2ccc(F)c(F)c2)cn1. The van der Waals surface area contributed by atoms with E-state index in [2.05, 4.69) is 4.98 Å². The summed E-state index contributed by atoms with van der Waals surface area (Å²) in [7, 11) is 0. The lowest BCUT2D eigenvalue weighted by atomic mass is 10.0. The second-order valence-corrected chi connectivity index (χ2v) is 5.24. The zero-order chi connectivity index (χ0) is 15.7. The Hall–Kier alpha value is -2.52. The molecule has 0 unspecified atom stereocenters. The highest BCUT2D eigenvalue weighted by Crippen LogP contribution is 2.36. The molecule has 0 amide bonds. The minimum absolute atomic E-state index is 0.264. The van der Waals surface area contributed by atoms with Crippen LogP contribution in [0, 0.1) is 23.0 Å². The molecule has 0 radical (unpaired) electrons. The fraction of sp³-hybridized carbons (Fsp3) is 0.250. The Morgan fingerprint density at radius 1 is 1.23 bits per heavy atom. The van der Waals surface area contributed by atoms with Crippen LogP contribution >= 0.6 is 0 Å². The smallest absolute Gasteiger partial charge is 0.159 e. The van der Waals surface area contributed by atoms with Crippen molar-refractivity contribution in [2.24, 2.45) is 0 Å². The molecule has 112 valence electrons. The van der Waals surface area contributed by atoms with Crippen LogP contribution in [0.3, 0.4) is 0 Å². The molecular formula is C16H13F2N3O. The van der Waals surface area contributed by atoms with Gasteiger partial charge in [0, 0.05) is 6.54 Å². The number of nitrogens with zero attached hydrogens (tertiary/aromatic N) is 3. The molecule has 1 aliphatic heterocycles. The molecule has 22 heavy (non-hydrogen) atoms. The predicted molar refractivity (Wildman–Crippen MR) is 76.0 cm³/mol. The van der Waals surface area contributed by atoms with E-state index in [1.54, 1.807) is 18.3 Å². The van der Waals surface area contributed by atoms with Gasteiger partial charge in [0.1, 0.15) is 11.8 Å². The number of hydrogen-bond donors (Lipinski definition) is 1. The van der Waals surface area contributed by atoms with E-state index in [9.17, 15) is 13.9 Å². The third-order valence-corrected chi connectivity index (χ3v) is 3.80. The molecule has 0 spiro atoms. The third-order valence-electron chi connectivity index (χ3n) is 3.80. The van der Waals surface area contributed by atoms with E-state index in [1.807, 2.05) is 11.0 Å². The minimum Gasteiger partial charge on any atom is -0.391 e. The zero-order valence-corrected chi connectivity index (χ0v) is 11.6. The molecule has 1 saturated heterocycles. The lowest BCUT2D eigenvalue weighted by Gasteiger charge is -2.26. The van der Waals surface area contributed by atoms with Crippen LogP contribution in [-0.4, -0.2) is 22.7 Å². The first-order chi connectivity index (χ1) is 10.6. The number of aliphatic hydroxyl groups is 1. The van der Waals surface area contributed by atoms with Crippen molar-refractivity contribution in [1.29, 1.82) is 5.26 Å². The van der Waals surface area contributed by atoms with E-state index in [0.29, 0.717) is 24.2 Å². The van der Waals surface area contributed by atoms with Gasteiger partial charge in [0.2, 0.25) is 0 Å². The number of rotatable bonds is 2. The Balaban J connectivity index is 1.94. The molecular weight excluding hydrogens is 288 g/mol. The average Bonchev–Trinajstić information content (AvgIpc) is 2.92. The van der Waals surface area contributed by atoms with Gasteiger partial charge in [0.05, 0.1) is 24.0 Å². The Labute approximate surface area is 126 Å². The highest BCUT2D eigenvalue weighted by Gasteiger charge is 2.32. The monoisotopic (exact) mass is 301 g/mol. The summed E-state index contributed by atoms with van der Waals surface area (Å²) >= 11 is 0. The number of anilines is 1. The first-order valence-electron chi connectivity index (χ1n) is 6.84. The van der Waals surface area contributed by atoms with Gasteiger partial charge in [-0.15, -0.1) is 0 Å². The molecule has 0 saturated carbocycles. The summed E-state index contributed by atoms with van der Waals surface area (Å²) in [6.07, 6.45) is 1.41. The quantitative estimate of drug-likeness (QED) is 0.926. The van der Waals surface area contributed by atoms with Crippen molar-refractivity contribution in [3.05, 3.63) is 59.4 Å². The second-order valence-electron chi connectivity index (χ2n) is 5.24. The third kappa shape index (κ3) is 2.63. The van der Waals surface area contributed by atoms with Crippen molar-refractivity contribution in [3.63, 3.8) is 0 Å². The van der Waals surface area contributed by atoms with E-state index < -0.39 is 17.7 Å². The van der Waals surface area contributed by atoms with Gasteiger partial charge in [-0.05, 0) is 36.2 Å². The summed E-state index contributed by atoms with van der Waals surface area (Å²) in [5.41, 5.74) is 1.62. The van der Waals surface area contributed by atoms with Crippen LogP contribution in [0.2, 0.25) is 0 Å². The molecule has 2 atom stereocenters. The summed E-state index contributed by atoms with van der Waals surface area (Å²) in [6.45, 7) is 0.372. The number of β-amino-alcohol motifs (C(OH)–C–C–N with tert-alkyl or cyclic N) is 1. The molecule has 1 aromatic carbocycles. The van der Waals surface area contributed by atoms with Crippen molar-refractivity contribution >= 4 is 5.69 Å². The van der Waals surface area contributed by atoms with Gasteiger partial charge >= 0.3 is 0 Å². The Morgan fingerprint density at radius 3 is 2.68 bits per heavy atom. The summed E-state index contributed by atoms with van der Waals surface area (Å²) in [5.74, 6) is -1.80. The molecule has 0 aliphatic carbocycles. The van der Waals surface area contributed by atoms with Crippen LogP contribution < -0.4 is 4.90 Å². The van der Waals surface area contributed by atoms with E-state index in [1.165, 1.54) is 6.07 Å². The van der Waals surface area contributed by atoms with Gasteiger partial charge in [-0.3, -0.25) is 0 Å². The number of hydrogen-bond acceptors (Lipinski definition) is 4. The molecule has 1 aromatic heterocycles. The lowest BCUT2D eigenvalue weighted by Crippen LogP contribution is -2.24. The number of aromatic nitrogens is 1. The number of halogens is 2. The van der Waals surface area contributed by atoms with Gasteiger partial charge < -0.3 is 10.0 Å². The van der Waals surface area contributed by atoms with Crippen molar-refractivity contribution < 1.29 is 13.9 Å². The van der Waals surface area contributed by atoms with Crippen molar-refractivity contribution in [2.45, 2.75) is 18.6 Å². The Morgan fingerprint density at radius 2 is 2.05 bits per heavy atom. The highest BCUT2D eigenvalue weighted by molar-refractivity contribution is 5.50. The fourth-order valence-electron chi connectivity index (χ4n) is 2.76. The molecule has 0 bridgehead atoms. The molecule has 1 fully saturated rings. The van der Waals surface area contributed by atoms with Crippen molar-refractivity contribution in [2.75, 3.05) is 11.4 Å². The average molecular weight is 301 g/mol. The summed E-state index contributed by atoms with van der Waals surface area (Å²) in [5, 5.41) is 18.7. The molecule has 1 N–H and O–H groups in total. The first-order valence-corrected chi connectivity index (χ1v) is 6.84. The van der Waals surface area contributed by atoms with Crippen LogP contribution in [-0.2, 0) is 0 Å². The van der Waals surface area contributed by atoms with Crippen molar-refractivity contribution in [3.8, 4) is 6.07 Å². The standard InChI is InChI=1S/C16H13F2N3O/c17-14-4-1-10(5-15(14)18)16-6-13(22)9-21(16)12-3-2-11(7-19)20-8-12/h1-5,8,13,16,22H,6,9H2/t13-,16-/m1/s1. The molecule has 4 nitrogen and oxygen atoms in total. The van der Waals surface area contributed by atoms with Crippen LogP contribution in [0.5, 0.6) is 0 Å². The van der Waals surface area contributed by atoms with E-state index in [4.69, 9.17) is 5.26 Å². The largest absolute Gasteiger partial charge is 0.391 e. The van der Waals surface area contributed by atoms with E-state index in [0.717, 1.165) is 17.8 Å². The summed E-state index contributed by atoms with van der Waals surface area (Å²) in [4.78, 5) is 5.89. The maximum absolute atomic E-state index is 13.5. The van der Waals surface area contributed by atoms with E-state index in [-0.39, 0.29) is 6.04 Å². The topological polar surface area (TPSA) is 60.2 Å². The summed E-state index contributed by atoms with van der Waals surface area (Å²) < 4.78 is 26.5. The Kier molecular flexibility index (Phi) is 3.73. The lowest BCUT2D eigenvalue weighted by molar-refractivity contribution is 0.194. The molecule has 3 rings (SSSR count). The van der Waals surface area contributed by atoms with Gasteiger partial charge in [0.25, 0.3) is 0 Å². The van der Waals surface area contributed by atoms with Gasteiger partial charge in [-0.2, -0.15) is 5.26 Å². The first kappa shape index (κ1) is 14.4. The highest BCUT2D eigenvalue weighted by atomic mass is 19.2. The number of pyridine rings is 1. The second kappa shape index (κ2) is 5.70. The van der Waals surface area contributed by atoms with Gasteiger partial charge in [-0.25, -0.2) is 13.8 Å². The fourth-order valence-corrected chi connectivity index (χ4v) is 2.76. The predicted octanol–water partition coefficient (Wildman–Crippen LogP) is 2.54. The number of benzene rings is 1. The molecule has 2 heterocycles. The number of nitriles is 1. The van der Waals surface area contributed by atoms with Crippen LogP contribution in [0.25, 0.3) is 0 Å². The number of aliphatic hydroxyl groups excluding tert-OH is 1.